The zero-order valence-electron chi connectivity index (χ0n) is 13.1. The number of rotatable bonds is 4. The van der Waals surface area contributed by atoms with Crippen LogP contribution in [0.3, 0.4) is 0 Å². The Morgan fingerprint density at radius 2 is 1.40 bits per heavy atom. The van der Waals surface area contributed by atoms with Crippen LogP contribution < -0.4 is 10.1 Å². The van der Waals surface area contributed by atoms with Gasteiger partial charge < -0.3 is 10.1 Å². The highest BCUT2D eigenvalue weighted by Crippen LogP contribution is 2.25. The summed E-state index contributed by atoms with van der Waals surface area (Å²) in [6.45, 7) is 0. The lowest BCUT2D eigenvalue weighted by Gasteiger charge is -2.11. The Morgan fingerprint density at radius 1 is 0.760 bits per heavy atom. The number of carbonyl (C=O) groups excluding carboxylic acids is 2. The van der Waals surface area contributed by atoms with E-state index in [9.17, 15) is 9.59 Å². The summed E-state index contributed by atoms with van der Waals surface area (Å²) in [5.74, 6) is -0.535. The van der Waals surface area contributed by atoms with Crippen LogP contribution in [-0.4, -0.2) is 11.9 Å². The van der Waals surface area contributed by atoms with Gasteiger partial charge in [0.15, 0.2) is 5.75 Å². The predicted octanol–water partition coefficient (Wildman–Crippen LogP) is 4.81. The molecule has 0 fully saturated rings. The van der Waals surface area contributed by atoms with Gasteiger partial charge in [0.2, 0.25) is 0 Å². The van der Waals surface area contributed by atoms with Crippen LogP contribution in [0.15, 0.2) is 78.9 Å². The summed E-state index contributed by atoms with van der Waals surface area (Å²) in [7, 11) is 0. The number of nitrogens with one attached hydrogen (secondary N) is 1. The second-order valence-corrected chi connectivity index (χ2v) is 5.65. The number of hydrogen-bond donors (Lipinski definition) is 1. The summed E-state index contributed by atoms with van der Waals surface area (Å²) in [6, 6.07) is 21.9. The van der Waals surface area contributed by atoms with Crippen molar-refractivity contribution in [3.8, 4) is 5.75 Å². The zero-order valence-corrected chi connectivity index (χ0v) is 13.9. The molecule has 3 aromatic carbocycles. The number of amides is 1. The molecule has 3 aromatic rings. The Bertz CT molecular complexity index is 892. The Labute approximate surface area is 150 Å². The molecule has 0 atom stereocenters. The number of ether oxygens (including phenoxy) is 1. The molecule has 124 valence electrons. The first kappa shape index (κ1) is 16.7. The summed E-state index contributed by atoms with van der Waals surface area (Å²) < 4.78 is 5.41. The molecule has 4 nitrogen and oxygen atoms in total. The molecule has 0 radical (unpaired) electrons. The summed E-state index contributed by atoms with van der Waals surface area (Å²) in [4.78, 5) is 24.5. The van der Waals surface area contributed by atoms with E-state index in [-0.39, 0.29) is 11.7 Å². The molecular formula is C20H14ClNO3. The third-order valence-corrected chi connectivity index (χ3v) is 3.71. The molecule has 25 heavy (non-hydrogen) atoms. The zero-order chi connectivity index (χ0) is 17.6. The molecule has 1 N–H and O–H groups in total. The second kappa shape index (κ2) is 7.64. The standard InChI is InChI=1S/C20H14ClNO3/c21-16-12-10-14(11-13-16)19(23)22-17-8-4-5-9-18(17)25-20(24)15-6-2-1-3-7-15/h1-13H,(H,22,23). The normalized spacial score (nSPS) is 10.1. The number of benzene rings is 3. The van der Waals surface area contributed by atoms with Crippen LogP contribution in [0.5, 0.6) is 5.75 Å². The van der Waals surface area contributed by atoms with Gasteiger partial charge in [-0.15, -0.1) is 0 Å². The maximum absolute atomic E-state index is 12.3. The van der Waals surface area contributed by atoms with Gasteiger partial charge in [-0.25, -0.2) is 4.79 Å². The molecule has 5 heteroatoms. The largest absolute Gasteiger partial charge is 0.421 e. The maximum atomic E-state index is 12.3. The van der Waals surface area contributed by atoms with Crippen molar-refractivity contribution in [1.29, 1.82) is 0 Å². The Kier molecular flexibility index (Phi) is 5.11. The molecule has 0 unspecified atom stereocenters. The Balaban J connectivity index is 1.78. The van der Waals surface area contributed by atoms with Crippen molar-refractivity contribution in [3.05, 3.63) is 95.0 Å². The molecule has 1 amide bonds. The lowest BCUT2D eigenvalue weighted by molar-refractivity contribution is 0.0734. The monoisotopic (exact) mass is 351 g/mol. The Morgan fingerprint density at radius 3 is 2.12 bits per heavy atom. The van der Waals surface area contributed by atoms with Crippen molar-refractivity contribution in [2.45, 2.75) is 0 Å². The number of carbonyl (C=O) groups is 2. The van der Waals surface area contributed by atoms with Crippen LogP contribution in [-0.2, 0) is 0 Å². The van der Waals surface area contributed by atoms with Crippen molar-refractivity contribution in [2.75, 3.05) is 5.32 Å². The Hall–Kier alpha value is -3.11. The number of esters is 1. The molecule has 0 heterocycles. The number of hydrogen-bond acceptors (Lipinski definition) is 3. The van der Waals surface area contributed by atoms with E-state index in [0.717, 1.165) is 0 Å². The minimum Gasteiger partial charge on any atom is -0.421 e. The molecule has 0 saturated heterocycles. The summed E-state index contributed by atoms with van der Waals surface area (Å²) >= 11 is 5.83. The van der Waals surface area contributed by atoms with E-state index in [1.54, 1.807) is 72.8 Å². The molecule has 0 aliphatic carbocycles. The molecular weight excluding hydrogens is 338 g/mol. The molecule has 3 rings (SSSR count). The van der Waals surface area contributed by atoms with Crippen LogP contribution in [0.2, 0.25) is 5.02 Å². The maximum Gasteiger partial charge on any atom is 0.343 e. The van der Waals surface area contributed by atoms with Crippen LogP contribution in [0.25, 0.3) is 0 Å². The van der Waals surface area contributed by atoms with E-state index in [1.165, 1.54) is 0 Å². The number of para-hydroxylation sites is 2. The highest BCUT2D eigenvalue weighted by Gasteiger charge is 2.13. The fraction of sp³-hybridized carbons (Fsp3) is 0. The van der Waals surface area contributed by atoms with Gasteiger partial charge in [0.25, 0.3) is 5.91 Å². The van der Waals surface area contributed by atoms with E-state index < -0.39 is 5.97 Å². The first-order chi connectivity index (χ1) is 12.1. The molecule has 0 aromatic heterocycles. The van der Waals surface area contributed by atoms with Crippen molar-refractivity contribution in [2.24, 2.45) is 0 Å². The fourth-order valence-electron chi connectivity index (χ4n) is 2.19. The third kappa shape index (κ3) is 4.25. The van der Waals surface area contributed by atoms with Gasteiger partial charge in [-0.2, -0.15) is 0 Å². The smallest absolute Gasteiger partial charge is 0.343 e. The minimum atomic E-state index is -0.492. The summed E-state index contributed by atoms with van der Waals surface area (Å²) in [6.07, 6.45) is 0. The number of halogens is 1. The van der Waals surface area contributed by atoms with Crippen molar-refractivity contribution >= 4 is 29.2 Å². The predicted molar refractivity (Wildman–Crippen MR) is 97.2 cm³/mol. The lowest BCUT2D eigenvalue weighted by Crippen LogP contribution is -2.14. The SMILES string of the molecule is O=C(Nc1ccccc1OC(=O)c1ccccc1)c1ccc(Cl)cc1. The van der Waals surface area contributed by atoms with Crippen molar-refractivity contribution < 1.29 is 14.3 Å². The second-order valence-electron chi connectivity index (χ2n) is 5.21. The fourth-order valence-corrected chi connectivity index (χ4v) is 2.31. The topological polar surface area (TPSA) is 55.4 Å². The highest BCUT2D eigenvalue weighted by atomic mass is 35.5. The lowest BCUT2D eigenvalue weighted by atomic mass is 10.2. The minimum absolute atomic E-state index is 0.277. The van der Waals surface area contributed by atoms with Crippen molar-refractivity contribution in [3.63, 3.8) is 0 Å². The van der Waals surface area contributed by atoms with Crippen LogP contribution >= 0.6 is 11.6 Å². The molecule has 0 aliphatic rings. The van der Waals surface area contributed by atoms with E-state index >= 15 is 0 Å². The van der Waals surface area contributed by atoms with Gasteiger partial charge in [0, 0.05) is 10.6 Å². The van der Waals surface area contributed by atoms with E-state index in [4.69, 9.17) is 16.3 Å². The van der Waals surface area contributed by atoms with Gasteiger partial charge in [0.1, 0.15) is 0 Å². The van der Waals surface area contributed by atoms with Crippen LogP contribution in [0, 0.1) is 0 Å². The molecule has 0 saturated carbocycles. The third-order valence-electron chi connectivity index (χ3n) is 3.45. The highest BCUT2D eigenvalue weighted by molar-refractivity contribution is 6.30. The van der Waals surface area contributed by atoms with E-state index in [2.05, 4.69) is 5.32 Å². The van der Waals surface area contributed by atoms with Crippen LogP contribution in [0.4, 0.5) is 5.69 Å². The van der Waals surface area contributed by atoms with Crippen LogP contribution in [0.1, 0.15) is 20.7 Å². The summed E-state index contributed by atoms with van der Waals surface area (Å²) in [5.41, 5.74) is 1.29. The van der Waals surface area contributed by atoms with Gasteiger partial charge in [-0.3, -0.25) is 4.79 Å². The molecule has 0 spiro atoms. The van der Waals surface area contributed by atoms with Gasteiger partial charge in [-0.05, 0) is 48.5 Å². The average molecular weight is 352 g/mol. The quantitative estimate of drug-likeness (QED) is 0.542. The number of anilines is 1. The van der Waals surface area contributed by atoms with Crippen molar-refractivity contribution in [1.82, 2.24) is 0 Å². The van der Waals surface area contributed by atoms with Gasteiger partial charge in [0.05, 0.1) is 11.3 Å². The molecule has 0 bridgehead atoms. The molecule has 0 aliphatic heterocycles. The first-order valence-electron chi connectivity index (χ1n) is 7.56. The average Bonchev–Trinajstić information content (AvgIpc) is 2.64. The van der Waals surface area contributed by atoms with Gasteiger partial charge >= 0.3 is 5.97 Å². The van der Waals surface area contributed by atoms with E-state index in [0.29, 0.717) is 21.8 Å². The van der Waals surface area contributed by atoms with E-state index in [1.807, 2.05) is 6.07 Å². The summed E-state index contributed by atoms with van der Waals surface area (Å²) in [5, 5.41) is 3.29. The first-order valence-corrected chi connectivity index (χ1v) is 7.94. The van der Waals surface area contributed by atoms with Gasteiger partial charge in [-0.1, -0.05) is 41.9 Å².